The highest BCUT2D eigenvalue weighted by atomic mass is 19.1. The number of nitriles is 1. The Morgan fingerprint density at radius 2 is 1.91 bits per heavy atom. The Morgan fingerprint density at radius 3 is 2.55 bits per heavy atom. The molecule has 0 spiro atoms. The van der Waals surface area contributed by atoms with Gasteiger partial charge in [0.05, 0.1) is 0 Å². The average Bonchev–Trinajstić information content (AvgIpc) is 2.55. The maximum Gasteiger partial charge on any atom is 0.266 e. The lowest BCUT2D eigenvalue weighted by atomic mass is 10.0. The lowest BCUT2D eigenvalue weighted by molar-refractivity contribution is 0.628. The SMILES string of the molecule is N#Cc1c(-c2cccnc2)cc(-c2ccc(F)cc2)[nH]c1=O. The maximum absolute atomic E-state index is 13.0. The molecule has 0 amide bonds. The smallest absolute Gasteiger partial charge is 0.266 e. The fourth-order valence-corrected chi connectivity index (χ4v) is 2.21. The molecule has 4 nitrogen and oxygen atoms in total. The van der Waals surface area contributed by atoms with Gasteiger partial charge in [-0.25, -0.2) is 4.39 Å². The molecule has 0 radical (unpaired) electrons. The van der Waals surface area contributed by atoms with Crippen LogP contribution >= 0.6 is 0 Å². The zero-order chi connectivity index (χ0) is 15.5. The molecule has 0 aliphatic carbocycles. The van der Waals surface area contributed by atoms with E-state index in [0.717, 1.165) is 0 Å². The number of H-pyrrole nitrogens is 1. The fourth-order valence-electron chi connectivity index (χ4n) is 2.21. The number of hydrogen-bond acceptors (Lipinski definition) is 3. The molecule has 0 atom stereocenters. The van der Waals surface area contributed by atoms with Gasteiger partial charge in [-0.05, 0) is 42.0 Å². The van der Waals surface area contributed by atoms with Crippen LogP contribution in [-0.2, 0) is 0 Å². The van der Waals surface area contributed by atoms with Crippen molar-refractivity contribution < 1.29 is 4.39 Å². The first-order valence-corrected chi connectivity index (χ1v) is 6.53. The summed E-state index contributed by atoms with van der Waals surface area (Å²) in [7, 11) is 0. The van der Waals surface area contributed by atoms with E-state index in [0.29, 0.717) is 22.4 Å². The molecule has 2 aromatic heterocycles. The highest BCUT2D eigenvalue weighted by Gasteiger charge is 2.12. The zero-order valence-corrected chi connectivity index (χ0v) is 11.4. The summed E-state index contributed by atoms with van der Waals surface area (Å²) in [5, 5.41) is 9.22. The third-order valence-electron chi connectivity index (χ3n) is 3.27. The van der Waals surface area contributed by atoms with Crippen LogP contribution in [0.15, 0.2) is 59.7 Å². The number of pyridine rings is 2. The predicted octanol–water partition coefficient (Wildman–Crippen LogP) is 3.11. The van der Waals surface area contributed by atoms with Gasteiger partial charge in [-0.15, -0.1) is 0 Å². The number of nitrogens with one attached hydrogen (secondary N) is 1. The van der Waals surface area contributed by atoms with Gasteiger partial charge < -0.3 is 4.98 Å². The summed E-state index contributed by atoms with van der Waals surface area (Å²) in [5.41, 5.74) is 1.89. The summed E-state index contributed by atoms with van der Waals surface area (Å²) in [6, 6.07) is 12.9. The average molecular weight is 291 g/mol. The third kappa shape index (κ3) is 2.50. The lowest BCUT2D eigenvalue weighted by Gasteiger charge is -2.07. The highest BCUT2D eigenvalue weighted by Crippen LogP contribution is 2.25. The van der Waals surface area contributed by atoms with Gasteiger partial charge in [0.15, 0.2) is 0 Å². The van der Waals surface area contributed by atoms with Crippen LogP contribution in [0, 0.1) is 17.1 Å². The van der Waals surface area contributed by atoms with Crippen molar-refractivity contribution in [3.8, 4) is 28.5 Å². The molecular weight excluding hydrogens is 281 g/mol. The van der Waals surface area contributed by atoms with Gasteiger partial charge in [-0.2, -0.15) is 5.26 Å². The van der Waals surface area contributed by atoms with Gasteiger partial charge in [0.1, 0.15) is 17.4 Å². The summed E-state index contributed by atoms with van der Waals surface area (Å²) >= 11 is 0. The fraction of sp³-hybridized carbons (Fsp3) is 0. The molecule has 3 rings (SSSR count). The number of halogens is 1. The summed E-state index contributed by atoms with van der Waals surface area (Å²) in [4.78, 5) is 18.8. The molecule has 0 aliphatic rings. The minimum Gasteiger partial charge on any atom is -0.321 e. The van der Waals surface area contributed by atoms with E-state index in [4.69, 9.17) is 0 Å². The standard InChI is InChI=1S/C17H10FN3O/c18-13-5-3-11(4-6-13)16-8-14(12-2-1-7-20-10-12)15(9-19)17(22)21-16/h1-8,10H,(H,21,22). The van der Waals surface area contributed by atoms with Gasteiger partial charge in [0.25, 0.3) is 5.56 Å². The number of benzene rings is 1. The number of rotatable bonds is 2. The number of aromatic amines is 1. The normalized spacial score (nSPS) is 10.2. The van der Waals surface area contributed by atoms with E-state index in [1.54, 1.807) is 42.7 Å². The van der Waals surface area contributed by atoms with Gasteiger partial charge in [-0.1, -0.05) is 6.07 Å². The van der Waals surface area contributed by atoms with E-state index in [1.807, 2.05) is 6.07 Å². The first-order valence-electron chi connectivity index (χ1n) is 6.53. The molecule has 5 heteroatoms. The van der Waals surface area contributed by atoms with Crippen LogP contribution in [0.2, 0.25) is 0 Å². The number of hydrogen-bond donors (Lipinski definition) is 1. The van der Waals surface area contributed by atoms with Crippen molar-refractivity contribution in [3.05, 3.63) is 76.6 Å². The van der Waals surface area contributed by atoms with Crippen LogP contribution < -0.4 is 5.56 Å². The van der Waals surface area contributed by atoms with Crippen molar-refractivity contribution in [2.24, 2.45) is 0 Å². The zero-order valence-electron chi connectivity index (χ0n) is 11.4. The van der Waals surface area contributed by atoms with Crippen LogP contribution in [0.5, 0.6) is 0 Å². The summed E-state index contributed by atoms with van der Waals surface area (Å²) < 4.78 is 13.0. The predicted molar refractivity (Wildman–Crippen MR) is 80.4 cm³/mol. The highest BCUT2D eigenvalue weighted by molar-refractivity contribution is 5.74. The topological polar surface area (TPSA) is 69.5 Å². The summed E-state index contributed by atoms with van der Waals surface area (Å²) in [5.74, 6) is -0.354. The van der Waals surface area contributed by atoms with Gasteiger partial charge >= 0.3 is 0 Å². The Balaban J connectivity index is 2.24. The molecule has 3 aromatic rings. The van der Waals surface area contributed by atoms with Crippen LogP contribution in [-0.4, -0.2) is 9.97 Å². The first-order chi connectivity index (χ1) is 10.7. The summed E-state index contributed by atoms with van der Waals surface area (Å²) in [6.45, 7) is 0. The van der Waals surface area contributed by atoms with Gasteiger partial charge in [-0.3, -0.25) is 9.78 Å². The Hall–Kier alpha value is -3.26. The minimum atomic E-state index is -0.483. The van der Waals surface area contributed by atoms with Crippen LogP contribution in [0.3, 0.4) is 0 Å². The molecule has 0 aliphatic heterocycles. The molecule has 106 valence electrons. The Morgan fingerprint density at radius 1 is 1.14 bits per heavy atom. The summed E-state index contributed by atoms with van der Waals surface area (Å²) in [6.07, 6.45) is 3.20. The molecule has 0 saturated carbocycles. The molecule has 1 aromatic carbocycles. The van der Waals surface area contributed by atoms with E-state index >= 15 is 0 Å². The van der Waals surface area contributed by atoms with Crippen molar-refractivity contribution >= 4 is 0 Å². The van der Waals surface area contributed by atoms with Crippen LogP contribution in [0.1, 0.15) is 5.56 Å². The lowest BCUT2D eigenvalue weighted by Crippen LogP contribution is -2.12. The second-order valence-corrected chi connectivity index (χ2v) is 4.66. The molecule has 1 N–H and O–H groups in total. The second kappa shape index (κ2) is 5.62. The molecule has 2 heterocycles. The van der Waals surface area contributed by atoms with E-state index in [9.17, 15) is 14.4 Å². The monoisotopic (exact) mass is 291 g/mol. The maximum atomic E-state index is 13.0. The Kier molecular flexibility index (Phi) is 3.50. The molecule has 0 unspecified atom stereocenters. The second-order valence-electron chi connectivity index (χ2n) is 4.66. The molecule has 0 saturated heterocycles. The van der Waals surface area contributed by atoms with Crippen LogP contribution in [0.4, 0.5) is 4.39 Å². The quantitative estimate of drug-likeness (QED) is 0.788. The molecule has 0 bridgehead atoms. The van der Waals surface area contributed by atoms with Crippen molar-refractivity contribution in [2.75, 3.05) is 0 Å². The van der Waals surface area contributed by atoms with Gasteiger partial charge in [0, 0.05) is 29.2 Å². The Labute approximate surface area is 125 Å². The van der Waals surface area contributed by atoms with Gasteiger partial charge in [0.2, 0.25) is 0 Å². The molecule has 22 heavy (non-hydrogen) atoms. The number of aromatic nitrogens is 2. The number of nitrogens with zero attached hydrogens (tertiary/aromatic N) is 2. The van der Waals surface area contributed by atoms with E-state index in [-0.39, 0.29) is 11.4 Å². The largest absolute Gasteiger partial charge is 0.321 e. The van der Waals surface area contributed by atoms with Crippen molar-refractivity contribution in [2.45, 2.75) is 0 Å². The van der Waals surface area contributed by atoms with E-state index < -0.39 is 5.56 Å². The van der Waals surface area contributed by atoms with Crippen molar-refractivity contribution in [1.82, 2.24) is 9.97 Å². The Bertz CT molecular complexity index is 909. The minimum absolute atomic E-state index is 0.0267. The van der Waals surface area contributed by atoms with E-state index in [1.165, 1.54) is 12.1 Å². The third-order valence-corrected chi connectivity index (χ3v) is 3.27. The molecule has 0 fully saturated rings. The van der Waals surface area contributed by atoms with E-state index in [2.05, 4.69) is 9.97 Å². The van der Waals surface area contributed by atoms with Crippen molar-refractivity contribution in [1.29, 1.82) is 5.26 Å². The first kappa shape index (κ1) is 13.7. The molecular formula is C17H10FN3O. The van der Waals surface area contributed by atoms with Crippen molar-refractivity contribution in [3.63, 3.8) is 0 Å². The van der Waals surface area contributed by atoms with Crippen LogP contribution in [0.25, 0.3) is 22.4 Å².